The number of H-pyrrole nitrogens is 1. The molecule has 2 aromatic carbocycles. The summed E-state index contributed by atoms with van der Waals surface area (Å²) < 4.78 is 16.3. The summed E-state index contributed by atoms with van der Waals surface area (Å²) in [6, 6.07) is 10.4. The fraction of sp³-hybridized carbons (Fsp3) is 0. The van der Waals surface area contributed by atoms with Crippen LogP contribution in [-0.4, -0.2) is 9.55 Å². The number of benzene rings is 2. The Balaban J connectivity index is 2.38. The van der Waals surface area contributed by atoms with E-state index < -0.39 is 0 Å². The minimum Gasteiger partial charge on any atom is -0.330 e. The van der Waals surface area contributed by atoms with E-state index in [4.69, 9.17) is 23.8 Å². The molecule has 0 unspecified atom stereocenters. The molecule has 0 aliphatic carbocycles. The molecule has 0 atom stereocenters. The number of aromatic nitrogens is 2. The largest absolute Gasteiger partial charge is 0.330 e. The zero-order valence-corrected chi connectivity index (χ0v) is 12.6. The number of imidazole rings is 1. The first kappa shape index (κ1) is 12.8. The van der Waals surface area contributed by atoms with Crippen molar-refractivity contribution in [1.82, 2.24) is 9.55 Å². The van der Waals surface area contributed by atoms with Crippen molar-refractivity contribution in [2.75, 3.05) is 0 Å². The number of fused-ring (bicyclic) bond motifs is 1. The summed E-state index contributed by atoms with van der Waals surface area (Å²) in [5, 5.41) is 0.603. The maximum Gasteiger partial charge on any atom is 0.182 e. The van der Waals surface area contributed by atoms with Gasteiger partial charge in [-0.25, -0.2) is 4.39 Å². The first-order chi connectivity index (χ1) is 9.06. The zero-order chi connectivity index (χ0) is 13.6. The number of hydrogen-bond donors (Lipinski definition) is 1. The Bertz CT molecular complexity index is 840. The molecule has 0 aliphatic rings. The van der Waals surface area contributed by atoms with Crippen molar-refractivity contribution in [3.63, 3.8) is 0 Å². The summed E-state index contributed by atoms with van der Waals surface area (Å²) in [5.41, 5.74) is 2.23. The lowest BCUT2D eigenvalue weighted by atomic mass is 10.2. The lowest BCUT2D eigenvalue weighted by Gasteiger charge is -2.05. The molecule has 0 saturated carbocycles. The van der Waals surface area contributed by atoms with Gasteiger partial charge in [-0.15, -0.1) is 0 Å². The number of rotatable bonds is 1. The molecule has 1 heterocycles. The van der Waals surface area contributed by atoms with E-state index in [0.717, 1.165) is 11.2 Å². The molecule has 0 fully saturated rings. The molecule has 0 saturated heterocycles. The minimum atomic E-state index is -0.336. The van der Waals surface area contributed by atoms with Crippen LogP contribution in [0.5, 0.6) is 0 Å². The fourth-order valence-electron chi connectivity index (χ4n) is 1.97. The smallest absolute Gasteiger partial charge is 0.182 e. The topological polar surface area (TPSA) is 20.7 Å². The van der Waals surface area contributed by atoms with E-state index in [9.17, 15) is 4.39 Å². The van der Waals surface area contributed by atoms with Gasteiger partial charge in [0.05, 0.1) is 15.5 Å². The highest BCUT2D eigenvalue weighted by molar-refractivity contribution is 9.10. The third-order valence-electron chi connectivity index (χ3n) is 2.79. The predicted octanol–water partition coefficient (Wildman–Crippen LogP) is 5.24. The van der Waals surface area contributed by atoms with Gasteiger partial charge in [-0.2, -0.15) is 0 Å². The molecule has 3 rings (SSSR count). The molecule has 3 aromatic rings. The van der Waals surface area contributed by atoms with Crippen molar-refractivity contribution in [2.45, 2.75) is 0 Å². The maximum atomic E-state index is 13.7. The van der Waals surface area contributed by atoms with Crippen molar-refractivity contribution in [3.8, 4) is 5.69 Å². The normalized spacial score (nSPS) is 11.1. The van der Waals surface area contributed by atoms with Gasteiger partial charge >= 0.3 is 0 Å². The van der Waals surface area contributed by atoms with Crippen molar-refractivity contribution in [2.24, 2.45) is 0 Å². The van der Waals surface area contributed by atoms with E-state index in [-0.39, 0.29) is 5.82 Å². The SMILES string of the molecule is Fc1cc2c(cc1Br)[nH]c(=S)n2-c1cccc(Cl)c1. The van der Waals surface area contributed by atoms with Crippen molar-refractivity contribution < 1.29 is 4.39 Å². The van der Waals surface area contributed by atoms with Crippen LogP contribution >= 0.6 is 39.7 Å². The Hall–Kier alpha value is -1.17. The second kappa shape index (κ2) is 4.74. The Morgan fingerprint density at radius 3 is 2.79 bits per heavy atom. The fourth-order valence-corrected chi connectivity index (χ4v) is 2.82. The van der Waals surface area contributed by atoms with E-state index in [1.807, 2.05) is 12.1 Å². The summed E-state index contributed by atoms with van der Waals surface area (Å²) in [4.78, 5) is 3.05. The highest BCUT2D eigenvalue weighted by atomic mass is 79.9. The van der Waals surface area contributed by atoms with E-state index in [2.05, 4.69) is 20.9 Å². The maximum absolute atomic E-state index is 13.7. The average Bonchev–Trinajstić information content (AvgIpc) is 2.65. The number of nitrogens with one attached hydrogen (secondary N) is 1. The molecule has 6 heteroatoms. The average molecular weight is 358 g/mol. The zero-order valence-electron chi connectivity index (χ0n) is 9.45. The Labute approximate surface area is 127 Å². The molecular weight excluding hydrogens is 351 g/mol. The summed E-state index contributed by atoms with van der Waals surface area (Å²) in [5.74, 6) is -0.336. The van der Waals surface area contributed by atoms with Crippen LogP contribution in [0.25, 0.3) is 16.7 Å². The van der Waals surface area contributed by atoms with Crippen molar-refractivity contribution >= 4 is 50.8 Å². The second-order valence-electron chi connectivity index (χ2n) is 4.03. The van der Waals surface area contributed by atoms with Crippen LogP contribution in [0.1, 0.15) is 0 Å². The van der Waals surface area contributed by atoms with E-state index >= 15 is 0 Å². The molecule has 0 amide bonds. The molecule has 19 heavy (non-hydrogen) atoms. The molecule has 1 N–H and O–H groups in total. The molecular formula is C13H7BrClFN2S. The highest BCUT2D eigenvalue weighted by Gasteiger charge is 2.10. The molecule has 1 aromatic heterocycles. The summed E-state index contributed by atoms with van der Waals surface area (Å²) in [6.07, 6.45) is 0. The standard InChI is InChI=1S/C13H7BrClFN2S/c14-9-5-11-12(6-10(9)16)18(13(19)17-11)8-3-1-2-7(15)4-8/h1-6H,(H,17,19). The second-order valence-corrected chi connectivity index (χ2v) is 5.71. The molecule has 0 spiro atoms. The molecule has 96 valence electrons. The van der Waals surface area contributed by atoms with Crippen LogP contribution in [-0.2, 0) is 0 Å². The van der Waals surface area contributed by atoms with Gasteiger partial charge in [0.15, 0.2) is 4.77 Å². The van der Waals surface area contributed by atoms with E-state index in [1.54, 1.807) is 22.8 Å². The first-order valence-electron chi connectivity index (χ1n) is 5.42. The van der Waals surface area contributed by atoms with Gasteiger partial charge in [0.1, 0.15) is 5.82 Å². The monoisotopic (exact) mass is 356 g/mol. The Morgan fingerprint density at radius 1 is 1.26 bits per heavy atom. The highest BCUT2D eigenvalue weighted by Crippen LogP contribution is 2.26. The first-order valence-corrected chi connectivity index (χ1v) is 7.00. The third-order valence-corrected chi connectivity index (χ3v) is 3.92. The van der Waals surface area contributed by atoms with Crippen LogP contribution in [0.3, 0.4) is 0 Å². The quantitative estimate of drug-likeness (QED) is 0.590. The van der Waals surface area contributed by atoms with Crippen LogP contribution in [0.4, 0.5) is 4.39 Å². The van der Waals surface area contributed by atoms with E-state index in [0.29, 0.717) is 19.8 Å². The number of hydrogen-bond acceptors (Lipinski definition) is 1. The summed E-state index contributed by atoms with van der Waals surface area (Å²) in [7, 11) is 0. The number of nitrogens with zero attached hydrogens (tertiary/aromatic N) is 1. The Kier molecular flexibility index (Phi) is 3.20. The number of halogens is 3. The van der Waals surface area contributed by atoms with E-state index in [1.165, 1.54) is 6.07 Å². The van der Waals surface area contributed by atoms with Gasteiger partial charge in [-0.3, -0.25) is 4.57 Å². The van der Waals surface area contributed by atoms with Crippen LogP contribution in [0.15, 0.2) is 40.9 Å². The molecule has 0 aliphatic heterocycles. The van der Waals surface area contributed by atoms with Gasteiger partial charge in [0.2, 0.25) is 0 Å². The third kappa shape index (κ3) is 2.22. The van der Waals surface area contributed by atoms with Gasteiger partial charge < -0.3 is 4.98 Å². The Morgan fingerprint density at radius 2 is 2.05 bits per heavy atom. The molecule has 2 nitrogen and oxygen atoms in total. The van der Waals surface area contributed by atoms with Gasteiger partial charge in [-0.1, -0.05) is 17.7 Å². The summed E-state index contributed by atoms with van der Waals surface area (Å²) >= 11 is 14.4. The van der Waals surface area contributed by atoms with Crippen molar-refractivity contribution in [3.05, 3.63) is 56.5 Å². The van der Waals surface area contributed by atoms with Gasteiger partial charge in [0.25, 0.3) is 0 Å². The lowest BCUT2D eigenvalue weighted by Crippen LogP contribution is -1.94. The van der Waals surface area contributed by atoms with Crippen LogP contribution in [0, 0.1) is 10.6 Å². The van der Waals surface area contributed by atoms with Crippen molar-refractivity contribution in [1.29, 1.82) is 0 Å². The minimum absolute atomic E-state index is 0.336. The number of aromatic amines is 1. The lowest BCUT2D eigenvalue weighted by molar-refractivity contribution is 0.622. The molecule has 0 radical (unpaired) electrons. The van der Waals surface area contributed by atoms with Gasteiger partial charge in [0, 0.05) is 16.8 Å². The summed E-state index contributed by atoms with van der Waals surface area (Å²) in [6.45, 7) is 0. The van der Waals surface area contributed by atoms with Gasteiger partial charge in [-0.05, 0) is 52.4 Å². The molecule has 0 bridgehead atoms. The van der Waals surface area contributed by atoms with Crippen LogP contribution in [0.2, 0.25) is 5.02 Å². The predicted molar refractivity (Wildman–Crippen MR) is 81.1 cm³/mol. The van der Waals surface area contributed by atoms with Crippen LogP contribution < -0.4 is 0 Å².